The maximum atomic E-state index is 13.8. The molecule has 7 nitrogen and oxygen atoms in total. The first-order valence-corrected chi connectivity index (χ1v) is 11.7. The number of carbonyl (C=O) groups excluding carboxylic acids is 1. The molecule has 1 atom stereocenters. The zero-order valence-corrected chi connectivity index (χ0v) is 19.2. The van der Waals surface area contributed by atoms with E-state index in [4.69, 9.17) is 0 Å². The molecular weight excluding hydrogens is 440 g/mol. The van der Waals surface area contributed by atoms with Crippen LogP contribution in [0, 0.1) is 15.5 Å². The number of carbonyl (C=O) groups is 1. The van der Waals surface area contributed by atoms with Crippen LogP contribution in [0.5, 0.6) is 0 Å². The van der Waals surface area contributed by atoms with Crippen LogP contribution >= 0.6 is 0 Å². The zero-order valence-electron chi connectivity index (χ0n) is 19.2. The van der Waals surface area contributed by atoms with Crippen molar-refractivity contribution in [1.29, 1.82) is 0 Å². The van der Waals surface area contributed by atoms with Gasteiger partial charge in [0.25, 0.3) is 5.54 Å². The van der Waals surface area contributed by atoms with Crippen LogP contribution in [-0.4, -0.2) is 20.8 Å². The summed E-state index contributed by atoms with van der Waals surface area (Å²) in [5.74, 6) is -0.228. The molecule has 0 fully saturated rings. The molecule has 2 N–H and O–H groups in total. The van der Waals surface area contributed by atoms with Gasteiger partial charge in [0.15, 0.2) is 0 Å². The topological polar surface area (TPSA) is 101 Å². The predicted molar refractivity (Wildman–Crippen MR) is 132 cm³/mol. The van der Waals surface area contributed by atoms with Crippen molar-refractivity contribution in [2.75, 3.05) is 5.32 Å². The van der Waals surface area contributed by atoms with Crippen LogP contribution in [0.15, 0.2) is 85.1 Å². The van der Waals surface area contributed by atoms with Gasteiger partial charge in [-0.3, -0.25) is 20.2 Å². The summed E-state index contributed by atoms with van der Waals surface area (Å²) in [5.41, 5.74) is 2.54. The van der Waals surface area contributed by atoms with Gasteiger partial charge < -0.3 is 4.98 Å². The number of rotatable bonds is 5. The summed E-state index contributed by atoms with van der Waals surface area (Å²) in [7, 11) is 0. The molecule has 4 aromatic rings. The highest BCUT2D eigenvalue weighted by atomic mass is 16.6. The standard InChI is InChI=1S/C28H24N4O3/c1-27(25(33)31-26-29-16-19(30-26)15-18-9-3-2-4-10-18)17-28(32(34)35)22-13-7-5-11-20(22)24(27)21-12-6-8-14-23(21)28/h2-14,16,24H,15,17H2,1H3,(H2,29,30,31,33). The number of imidazole rings is 1. The van der Waals surface area contributed by atoms with E-state index in [0.29, 0.717) is 23.5 Å². The Morgan fingerprint density at radius 3 is 2.26 bits per heavy atom. The Labute approximate surface area is 202 Å². The van der Waals surface area contributed by atoms with Crippen LogP contribution in [0.25, 0.3) is 0 Å². The molecule has 0 radical (unpaired) electrons. The molecule has 0 saturated carbocycles. The highest BCUT2D eigenvalue weighted by molar-refractivity contribution is 5.96. The molecular formula is C28H24N4O3. The first-order chi connectivity index (χ1) is 16.9. The SMILES string of the molecule is CC1(C(=O)Nc2ncc(Cc3ccccc3)[nH]2)CC2([N+](=O)[O-])c3ccccc3C1c1ccccc12. The first kappa shape index (κ1) is 21.3. The fourth-order valence-corrected chi connectivity index (χ4v) is 6.12. The Balaban J connectivity index is 1.38. The Morgan fingerprint density at radius 1 is 1.03 bits per heavy atom. The van der Waals surface area contributed by atoms with Crippen LogP contribution in [0.1, 0.15) is 52.8 Å². The number of amides is 1. The Kier molecular flexibility index (Phi) is 4.64. The van der Waals surface area contributed by atoms with Gasteiger partial charge >= 0.3 is 0 Å². The van der Waals surface area contributed by atoms with Crippen molar-refractivity contribution in [3.63, 3.8) is 0 Å². The fourth-order valence-electron chi connectivity index (χ4n) is 6.12. The first-order valence-electron chi connectivity index (χ1n) is 11.7. The van der Waals surface area contributed by atoms with E-state index in [1.54, 1.807) is 6.20 Å². The summed E-state index contributed by atoms with van der Waals surface area (Å²) >= 11 is 0. The van der Waals surface area contributed by atoms with Crippen LogP contribution in [0.2, 0.25) is 0 Å². The minimum Gasteiger partial charge on any atom is -0.328 e. The maximum Gasteiger partial charge on any atom is 0.273 e. The van der Waals surface area contributed by atoms with Crippen LogP contribution in [0.4, 0.5) is 5.95 Å². The van der Waals surface area contributed by atoms with Crippen LogP contribution in [0.3, 0.4) is 0 Å². The van der Waals surface area contributed by atoms with Crippen molar-refractivity contribution in [3.05, 3.63) is 129 Å². The molecule has 7 rings (SSSR count). The van der Waals surface area contributed by atoms with Crippen molar-refractivity contribution >= 4 is 11.9 Å². The number of benzene rings is 3. The zero-order chi connectivity index (χ0) is 24.2. The lowest BCUT2D eigenvalue weighted by Gasteiger charge is -2.52. The minimum atomic E-state index is -1.48. The molecule has 1 amide bonds. The quantitative estimate of drug-likeness (QED) is 0.320. The average Bonchev–Trinajstić information content (AvgIpc) is 3.31. The van der Waals surface area contributed by atoms with Crippen molar-refractivity contribution in [2.45, 2.75) is 31.2 Å². The lowest BCUT2D eigenvalue weighted by molar-refractivity contribution is -0.573. The van der Waals surface area contributed by atoms with E-state index in [1.807, 2.05) is 85.8 Å². The third-order valence-corrected chi connectivity index (χ3v) is 7.62. The molecule has 3 aromatic carbocycles. The molecule has 3 aliphatic carbocycles. The summed E-state index contributed by atoms with van der Waals surface area (Å²) in [4.78, 5) is 33.9. The van der Waals surface area contributed by atoms with Gasteiger partial charge in [0.1, 0.15) is 0 Å². The number of hydrogen-bond acceptors (Lipinski definition) is 4. The molecule has 0 saturated heterocycles. The summed E-state index contributed by atoms with van der Waals surface area (Å²) in [6.07, 6.45) is 2.45. The van der Waals surface area contributed by atoms with E-state index in [2.05, 4.69) is 15.3 Å². The fraction of sp³-hybridized carbons (Fsp3) is 0.214. The van der Waals surface area contributed by atoms with Gasteiger partial charge in [-0.05, 0) is 23.6 Å². The van der Waals surface area contributed by atoms with Gasteiger partial charge in [0.05, 0.1) is 11.6 Å². The molecule has 174 valence electrons. The van der Waals surface area contributed by atoms with Gasteiger partial charge in [-0.25, -0.2) is 4.98 Å². The second-order valence-corrected chi connectivity index (χ2v) is 9.69. The summed E-state index contributed by atoms with van der Waals surface area (Å²) in [6, 6.07) is 24.9. The molecule has 0 spiro atoms. The van der Waals surface area contributed by atoms with E-state index in [-0.39, 0.29) is 23.2 Å². The van der Waals surface area contributed by atoms with Crippen LogP contribution in [-0.2, 0) is 16.8 Å². The maximum absolute atomic E-state index is 13.8. The monoisotopic (exact) mass is 464 g/mol. The van der Waals surface area contributed by atoms with Gasteiger partial charge in [0.2, 0.25) is 11.9 Å². The Hall–Kier alpha value is -4.26. The summed E-state index contributed by atoms with van der Waals surface area (Å²) < 4.78 is 0. The molecule has 0 aliphatic heterocycles. The normalized spacial score (nSPS) is 23.9. The van der Waals surface area contributed by atoms with Crippen molar-refractivity contribution in [1.82, 2.24) is 9.97 Å². The third kappa shape index (κ3) is 3.04. The number of hydrogen-bond donors (Lipinski definition) is 2. The van der Waals surface area contributed by atoms with Gasteiger partial charge in [-0.1, -0.05) is 78.9 Å². The molecule has 1 heterocycles. The molecule has 1 unspecified atom stereocenters. The van der Waals surface area contributed by atoms with Crippen molar-refractivity contribution < 1.29 is 9.72 Å². The largest absolute Gasteiger partial charge is 0.328 e. The third-order valence-electron chi connectivity index (χ3n) is 7.62. The molecule has 3 aliphatic rings. The van der Waals surface area contributed by atoms with E-state index < -0.39 is 11.0 Å². The van der Waals surface area contributed by atoms with Gasteiger partial charge in [-0.15, -0.1) is 0 Å². The Morgan fingerprint density at radius 2 is 1.63 bits per heavy atom. The van der Waals surface area contributed by atoms with Gasteiger partial charge in [-0.2, -0.15) is 0 Å². The number of aromatic nitrogens is 2. The Bertz CT molecular complexity index is 1410. The number of aromatic amines is 1. The second-order valence-electron chi connectivity index (χ2n) is 9.69. The van der Waals surface area contributed by atoms with E-state index in [0.717, 1.165) is 22.4 Å². The smallest absolute Gasteiger partial charge is 0.273 e. The summed E-state index contributed by atoms with van der Waals surface area (Å²) in [6.45, 7) is 1.84. The second kappa shape index (κ2) is 7.63. The lowest BCUT2D eigenvalue weighted by atomic mass is 9.49. The highest BCUT2D eigenvalue weighted by Gasteiger charge is 2.67. The minimum absolute atomic E-state index is 0.0785. The van der Waals surface area contributed by atoms with Crippen molar-refractivity contribution in [3.8, 4) is 0 Å². The van der Waals surface area contributed by atoms with E-state index in [9.17, 15) is 14.9 Å². The predicted octanol–water partition coefficient (Wildman–Crippen LogP) is 5.01. The lowest BCUT2D eigenvalue weighted by Crippen LogP contribution is -2.57. The van der Waals surface area contributed by atoms with E-state index >= 15 is 0 Å². The number of H-pyrrole nitrogens is 1. The van der Waals surface area contributed by atoms with Crippen molar-refractivity contribution in [2.24, 2.45) is 5.41 Å². The number of nitrogens with zero attached hydrogens (tertiary/aromatic N) is 2. The van der Waals surface area contributed by atoms with Crippen LogP contribution < -0.4 is 5.32 Å². The highest BCUT2D eigenvalue weighted by Crippen LogP contribution is 2.63. The molecule has 35 heavy (non-hydrogen) atoms. The number of fused-ring (bicyclic) bond motifs is 1. The molecule has 1 aromatic heterocycles. The number of anilines is 1. The average molecular weight is 465 g/mol. The summed E-state index contributed by atoms with van der Waals surface area (Å²) in [5, 5.41) is 15.7. The van der Waals surface area contributed by atoms with E-state index in [1.165, 1.54) is 0 Å². The number of nitro groups is 1. The molecule has 7 heteroatoms. The van der Waals surface area contributed by atoms with Gasteiger partial charge in [0, 0.05) is 40.5 Å². The number of nitrogens with one attached hydrogen (secondary N) is 2. The molecule has 2 bridgehead atoms.